The van der Waals surface area contributed by atoms with Crippen LogP contribution in [0.3, 0.4) is 0 Å². The van der Waals surface area contributed by atoms with Gasteiger partial charge in [-0.3, -0.25) is 0 Å². The molecule has 0 radical (unpaired) electrons. The van der Waals surface area contributed by atoms with Gasteiger partial charge >= 0.3 is 22.5 Å². The lowest BCUT2D eigenvalue weighted by molar-refractivity contribution is 0.0697. The summed E-state index contributed by atoms with van der Waals surface area (Å²) in [5.41, 5.74) is 1.46. The molecule has 0 aromatic heterocycles. The van der Waals surface area contributed by atoms with Gasteiger partial charge in [0.1, 0.15) is 0 Å². The van der Waals surface area contributed by atoms with Crippen LogP contribution in [0.2, 0.25) is 0 Å². The quantitative estimate of drug-likeness (QED) is 0.643. The van der Waals surface area contributed by atoms with E-state index in [9.17, 15) is 4.79 Å². The molecule has 0 amide bonds. The summed E-state index contributed by atoms with van der Waals surface area (Å²) in [6, 6.07) is 6.90. The van der Waals surface area contributed by atoms with E-state index in [1.807, 2.05) is 12.1 Å². The van der Waals surface area contributed by atoms with Crippen LogP contribution in [-0.4, -0.2) is 27.6 Å². The lowest BCUT2D eigenvalue weighted by Gasteiger charge is -1.99. The minimum absolute atomic E-state index is 0.340. The molecule has 0 spiro atoms. The lowest BCUT2D eigenvalue weighted by Crippen LogP contribution is -2.07. The van der Waals surface area contributed by atoms with Gasteiger partial charge in [0.05, 0.1) is 5.56 Å². The molecule has 12 heavy (non-hydrogen) atoms. The number of carboxylic acids is 1. The summed E-state index contributed by atoms with van der Waals surface area (Å²) in [6.45, 7) is 0.826. The van der Waals surface area contributed by atoms with Crippen LogP contribution in [0.4, 0.5) is 0 Å². The molecule has 62 valence electrons. The first-order valence-electron chi connectivity index (χ1n) is 3.71. The highest BCUT2D eigenvalue weighted by Crippen LogP contribution is 2.03. The Balaban J connectivity index is 2.78. The highest BCUT2D eigenvalue weighted by atomic mass is 27.1. The average Bonchev–Trinajstić information content (AvgIpc) is 2.06. The predicted octanol–water partition coefficient (Wildman–Crippen LogP) is 0.0225. The molecule has 0 heterocycles. The second-order valence-electron chi connectivity index (χ2n) is 2.53. The second kappa shape index (κ2) is 4.27. The van der Waals surface area contributed by atoms with Crippen molar-refractivity contribution in [3.63, 3.8) is 0 Å². The van der Waals surface area contributed by atoms with E-state index in [2.05, 4.69) is 4.30 Å². The normalized spacial score (nSPS) is 9.67. The van der Waals surface area contributed by atoms with Crippen molar-refractivity contribution in [1.29, 1.82) is 0 Å². The summed E-state index contributed by atoms with van der Waals surface area (Å²) >= 11 is 0.952. The zero-order valence-corrected chi connectivity index (χ0v) is 8.87. The van der Waals surface area contributed by atoms with Crippen LogP contribution in [0.1, 0.15) is 15.9 Å². The van der Waals surface area contributed by atoms with Crippen molar-refractivity contribution in [2.45, 2.75) is 6.54 Å². The van der Waals surface area contributed by atoms with Crippen molar-refractivity contribution in [1.82, 2.24) is 4.30 Å². The van der Waals surface area contributed by atoms with Gasteiger partial charge in [0.15, 0.2) is 0 Å². The Morgan fingerprint density at radius 3 is 2.42 bits per heavy atom. The molecule has 0 atom stereocenters. The van der Waals surface area contributed by atoms with Crippen molar-refractivity contribution in [3.8, 4) is 0 Å². The van der Waals surface area contributed by atoms with E-state index in [-0.39, 0.29) is 0 Å². The molecule has 0 unspecified atom stereocenters. The molecule has 1 aromatic carbocycles. The SMILES string of the molecule is O=C(O)c1ccc(C[NH][AlH2])cc1. The van der Waals surface area contributed by atoms with Crippen LogP contribution in [-0.2, 0) is 6.54 Å². The van der Waals surface area contributed by atoms with Gasteiger partial charge in [0, 0.05) is 6.54 Å². The third kappa shape index (κ3) is 2.35. The smallest absolute Gasteiger partial charge is 0.335 e. The molecule has 0 bridgehead atoms. The fourth-order valence-corrected chi connectivity index (χ4v) is 1.38. The van der Waals surface area contributed by atoms with Gasteiger partial charge in [0.2, 0.25) is 0 Å². The fraction of sp³-hybridized carbons (Fsp3) is 0.125. The van der Waals surface area contributed by atoms with Crippen LogP contribution in [0.15, 0.2) is 24.3 Å². The van der Waals surface area contributed by atoms with Crippen LogP contribution < -0.4 is 4.30 Å². The third-order valence-corrected chi connectivity index (χ3v) is 1.94. The summed E-state index contributed by atoms with van der Waals surface area (Å²) in [6.07, 6.45) is 0. The minimum Gasteiger partial charge on any atom is -0.478 e. The number of nitrogens with one attached hydrogen (secondary N) is 1. The zero-order valence-electron chi connectivity index (χ0n) is 6.87. The molecular formula is C8H10AlNO2. The standard InChI is InChI=1S/C8H8NO2.Al.2H/c9-5-6-1-3-7(4-2-6)8(10)11;;;/h1-4,9H,5H2,(H,10,11);;;/q-1;+1;;. The maximum absolute atomic E-state index is 10.5. The molecule has 0 aliphatic heterocycles. The van der Waals surface area contributed by atoms with E-state index in [1.54, 1.807) is 12.1 Å². The second-order valence-corrected chi connectivity index (χ2v) is 3.24. The fourth-order valence-electron chi connectivity index (χ4n) is 0.969. The maximum Gasteiger partial charge on any atom is 0.335 e. The first kappa shape index (κ1) is 9.27. The monoisotopic (exact) mass is 179 g/mol. The van der Waals surface area contributed by atoms with E-state index < -0.39 is 5.97 Å². The highest BCUT2D eigenvalue weighted by molar-refractivity contribution is 6.04. The van der Waals surface area contributed by atoms with E-state index in [1.165, 1.54) is 0 Å². The number of rotatable bonds is 3. The number of carbonyl (C=O) groups is 1. The Morgan fingerprint density at radius 1 is 1.42 bits per heavy atom. The molecule has 0 aliphatic rings. The first-order chi connectivity index (χ1) is 5.74. The third-order valence-electron chi connectivity index (χ3n) is 1.58. The van der Waals surface area contributed by atoms with Crippen LogP contribution >= 0.6 is 0 Å². The number of carboxylic acid groups (broad SMARTS) is 1. The first-order valence-corrected chi connectivity index (χ1v) is 4.71. The van der Waals surface area contributed by atoms with Gasteiger partial charge in [0.25, 0.3) is 0 Å². The van der Waals surface area contributed by atoms with E-state index in [0.29, 0.717) is 5.56 Å². The van der Waals surface area contributed by atoms with Gasteiger partial charge in [-0.05, 0) is 17.7 Å². The molecule has 0 saturated heterocycles. The number of hydrogen-bond acceptors (Lipinski definition) is 2. The Morgan fingerprint density at radius 2 is 2.00 bits per heavy atom. The molecule has 0 fully saturated rings. The summed E-state index contributed by atoms with van der Waals surface area (Å²) in [4.78, 5) is 10.5. The maximum atomic E-state index is 10.5. The van der Waals surface area contributed by atoms with E-state index >= 15 is 0 Å². The number of hydrogen-bond donors (Lipinski definition) is 2. The summed E-state index contributed by atoms with van der Waals surface area (Å²) in [5, 5.41) is 8.60. The Kier molecular flexibility index (Phi) is 3.30. The topological polar surface area (TPSA) is 49.3 Å². The van der Waals surface area contributed by atoms with Gasteiger partial charge in [-0.15, -0.1) is 0 Å². The van der Waals surface area contributed by atoms with Gasteiger partial charge in [-0.2, -0.15) is 0 Å². The van der Waals surface area contributed by atoms with Crippen molar-refractivity contribution in [3.05, 3.63) is 35.4 Å². The van der Waals surface area contributed by atoms with Crippen molar-refractivity contribution in [2.75, 3.05) is 0 Å². The lowest BCUT2D eigenvalue weighted by atomic mass is 10.1. The molecule has 1 aromatic rings. The Hall–Kier alpha value is -0.818. The largest absolute Gasteiger partial charge is 0.478 e. The van der Waals surface area contributed by atoms with Crippen molar-refractivity contribution >= 4 is 22.5 Å². The highest BCUT2D eigenvalue weighted by Gasteiger charge is 2.00. The van der Waals surface area contributed by atoms with Crippen molar-refractivity contribution < 1.29 is 9.90 Å². The number of aromatic carboxylic acids is 1. The molecule has 3 nitrogen and oxygen atoms in total. The average molecular weight is 179 g/mol. The van der Waals surface area contributed by atoms with Crippen molar-refractivity contribution in [2.24, 2.45) is 0 Å². The van der Waals surface area contributed by atoms with Crippen LogP contribution in [0, 0.1) is 0 Å². The van der Waals surface area contributed by atoms with Gasteiger partial charge in [-0.1, -0.05) is 12.1 Å². The number of benzene rings is 1. The predicted molar refractivity (Wildman–Crippen MR) is 48.8 cm³/mol. The molecule has 0 aliphatic carbocycles. The summed E-state index contributed by atoms with van der Waals surface area (Å²) in [5.74, 6) is -0.875. The summed E-state index contributed by atoms with van der Waals surface area (Å²) in [7, 11) is 0. The Labute approximate surface area is 79.0 Å². The Bertz CT molecular complexity index is 271. The molecule has 4 heteroatoms. The molecule has 0 saturated carbocycles. The molecule has 2 N–H and O–H groups in total. The minimum atomic E-state index is -0.875. The molecule has 1 rings (SSSR count). The zero-order chi connectivity index (χ0) is 8.97. The molecular weight excluding hydrogens is 169 g/mol. The van der Waals surface area contributed by atoms with E-state index in [0.717, 1.165) is 28.6 Å². The van der Waals surface area contributed by atoms with Gasteiger partial charge < -0.3 is 9.41 Å². The summed E-state index contributed by atoms with van der Waals surface area (Å²) < 4.78 is 3.12. The van der Waals surface area contributed by atoms with Crippen LogP contribution in [0.25, 0.3) is 0 Å². The van der Waals surface area contributed by atoms with Gasteiger partial charge in [-0.25, -0.2) is 4.79 Å². The van der Waals surface area contributed by atoms with E-state index in [4.69, 9.17) is 5.11 Å². The van der Waals surface area contributed by atoms with Crippen LogP contribution in [0.5, 0.6) is 0 Å².